The summed E-state index contributed by atoms with van der Waals surface area (Å²) in [4.78, 5) is 5.99. The van der Waals surface area contributed by atoms with Gasteiger partial charge in [0.2, 0.25) is 0 Å². The maximum atomic E-state index is 4.74. The van der Waals surface area contributed by atoms with Crippen molar-refractivity contribution in [2.45, 2.75) is 50.7 Å². The van der Waals surface area contributed by atoms with Gasteiger partial charge in [-0.3, -0.25) is 0 Å². The Morgan fingerprint density at radius 3 is 3.12 bits per heavy atom. The van der Waals surface area contributed by atoms with Gasteiger partial charge in [0.15, 0.2) is 5.96 Å². The van der Waals surface area contributed by atoms with Gasteiger partial charge in [0.25, 0.3) is 0 Å². The maximum Gasteiger partial charge on any atom is 0.192 e. The zero-order valence-electron chi connectivity index (χ0n) is 10.0. The topological polar surface area (TPSA) is 49.3 Å². The van der Waals surface area contributed by atoms with Crippen LogP contribution >= 0.6 is 11.5 Å². The van der Waals surface area contributed by atoms with Crippen molar-refractivity contribution < 1.29 is 0 Å². The zero-order valence-corrected chi connectivity index (χ0v) is 10.8. The number of aliphatic imine (C=N–C) groups is 1. The Bertz CT molecular complexity index is 401. The van der Waals surface area contributed by atoms with E-state index in [1.807, 2.05) is 6.20 Å². The van der Waals surface area contributed by atoms with Gasteiger partial charge in [0, 0.05) is 11.1 Å². The molecule has 0 spiro atoms. The zero-order chi connectivity index (χ0) is 11.7. The highest BCUT2D eigenvalue weighted by atomic mass is 32.1. The van der Waals surface area contributed by atoms with Crippen LogP contribution in [0.5, 0.6) is 0 Å². The number of aromatic nitrogens is 1. The molecule has 1 aliphatic heterocycles. The summed E-state index contributed by atoms with van der Waals surface area (Å²) < 4.78 is 4.13. The lowest BCUT2D eigenvalue weighted by molar-refractivity contribution is 0.384. The summed E-state index contributed by atoms with van der Waals surface area (Å²) in [6.45, 7) is 2.15. The summed E-state index contributed by atoms with van der Waals surface area (Å²) in [6.07, 6.45) is 7.00. The Morgan fingerprint density at radius 1 is 1.47 bits per heavy atom. The average molecular weight is 250 g/mol. The fourth-order valence-corrected chi connectivity index (χ4v) is 3.20. The lowest BCUT2D eigenvalue weighted by atomic mass is 9.92. The van der Waals surface area contributed by atoms with Gasteiger partial charge in [-0.05, 0) is 37.4 Å². The Kier molecular flexibility index (Phi) is 3.01. The molecule has 0 bridgehead atoms. The van der Waals surface area contributed by atoms with Crippen molar-refractivity contribution in [1.29, 1.82) is 0 Å². The van der Waals surface area contributed by atoms with Gasteiger partial charge in [0.1, 0.15) is 0 Å². The molecule has 4 nitrogen and oxygen atoms in total. The number of nitrogens with zero attached hydrogens (tertiary/aromatic N) is 2. The minimum atomic E-state index is 0.286. The predicted octanol–water partition coefficient (Wildman–Crippen LogP) is 2.06. The van der Waals surface area contributed by atoms with Crippen LogP contribution in [0.3, 0.4) is 0 Å². The molecule has 1 aliphatic carbocycles. The minimum Gasteiger partial charge on any atom is -0.351 e. The Morgan fingerprint density at radius 2 is 2.35 bits per heavy atom. The molecule has 1 aromatic rings. The SMILES string of the molecule is CC(NC1=N[C@H]2CCCC[C@@H]2N1)c1ccns1. The first kappa shape index (κ1) is 11.0. The van der Waals surface area contributed by atoms with Gasteiger partial charge in [-0.25, -0.2) is 9.37 Å². The van der Waals surface area contributed by atoms with Gasteiger partial charge < -0.3 is 10.6 Å². The molecule has 0 saturated heterocycles. The van der Waals surface area contributed by atoms with E-state index in [4.69, 9.17) is 4.99 Å². The third kappa shape index (κ3) is 2.29. The van der Waals surface area contributed by atoms with E-state index in [-0.39, 0.29) is 6.04 Å². The van der Waals surface area contributed by atoms with Crippen LogP contribution in [0.25, 0.3) is 0 Å². The van der Waals surface area contributed by atoms with E-state index in [2.05, 4.69) is 28.0 Å². The van der Waals surface area contributed by atoms with Crippen molar-refractivity contribution in [2.24, 2.45) is 4.99 Å². The summed E-state index contributed by atoms with van der Waals surface area (Å²) in [5, 5.41) is 6.96. The van der Waals surface area contributed by atoms with E-state index < -0.39 is 0 Å². The Balaban J connectivity index is 1.63. The van der Waals surface area contributed by atoms with E-state index in [0.717, 1.165) is 5.96 Å². The van der Waals surface area contributed by atoms with Gasteiger partial charge in [0.05, 0.1) is 18.1 Å². The molecule has 0 amide bonds. The number of hydrogen-bond acceptors (Lipinski definition) is 5. The average Bonchev–Trinajstić information content (AvgIpc) is 2.97. The molecule has 1 fully saturated rings. The van der Waals surface area contributed by atoms with E-state index in [1.54, 1.807) is 11.5 Å². The molecule has 3 rings (SSSR count). The van der Waals surface area contributed by atoms with Crippen LogP contribution in [-0.2, 0) is 0 Å². The molecule has 1 unspecified atom stereocenters. The summed E-state index contributed by atoms with van der Waals surface area (Å²) in [5.74, 6) is 0.975. The highest BCUT2D eigenvalue weighted by Crippen LogP contribution is 2.25. The monoisotopic (exact) mass is 250 g/mol. The van der Waals surface area contributed by atoms with E-state index in [0.29, 0.717) is 12.1 Å². The number of rotatable bonds is 2. The van der Waals surface area contributed by atoms with Crippen LogP contribution in [0.2, 0.25) is 0 Å². The second-order valence-corrected chi connectivity index (χ2v) is 5.73. The fraction of sp³-hybridized carbons (Fsp3) is 0.667. The Labute approximate surface area is 106 Å². The summed E-state index contributed by atoms with van der Waals surface area (Å²) in [7, 11) is 0. The number of guanidine groups is 1. The first-order valence-corrected chi connectivity index (χ1v) is 7.12. The second-order valence-electron chi connectivity index (χ2n) is 4.86. The number of fused-ring (bicyclic) bond motifs is 1. The van der Waals surface area contributed by atoms with Crippen molar-refractivity contribution in [3.05, 3.63) is 17.1 Å². The summed E-state index contributed by atoms with van der Waals surface area (Å²) >= 11 is 1.54. The van der Waals surface area contributed by atoms with Crippen LogP contribution in [0, 0.1) is 0 Å². The van der Waals surface area contributed by atoms with Crippen LogP contribution in [0.4, 0.5) is 0 Å². The Hall–Kier alpha value is -1.10. The van der Waals surface area contributed by atoms with Crippen molar-refractivity contribution in [3.8, 4) is 0 Å². The molecule has 5 heteroatoms. The molecule has 92 valence electrons. The van der Waals surface area contributed by atoms with Crippen molar-refractivity contribution in [2.75, 3.05) is 0 Å². The fourth-order valence-electron chi connectivity index (χ4n) is 2.62. The molecule has 17 heavy (non-hydrogen) atoms. The third-order valence-electron chi connectivity index (χ3n) is 3.58. The smallest absolute Gasteiger partial charge is 0.192 e. The molecule has 1 aromatic heterocycles. The highest BCUT2D eigenvalue weighted by molar-refractivity contribution is 7.05. The lowest BCUT2D eigenvalue weighted by Crippen LogP contribution is -2.42. The normalized spacial score (nSPS) is 29.1. The minimum absolute atomic E-state index is 0.286. The first-order valence-electron chi connectivity index (χ1n) is 6.34. The highest BCUT2D eigenvalue weighted by Gasteiger charge is 2.31. The molecular weight excluding hydrogens is 232 g/mol. The first-order chi connectivity index (χ1) is 8.33. The van der Waals surface area contributed by atoms with Crippen molar-refractivity contribution in [1.82, 2.24) is 15.0 Å². The van der Waals surface area contributed by atoms with Crippen molar-refractivity contribution >= 4 is 17.5 Å². The van der Waals surface area contributed by atoms with E-state index in [1.165, 1.54) is 30.6 Å². The lowest BCUT2D eigenvalue weighted by Gasteiger charge is -2.23. The van der Waals surface area contributed by atoms with Crippen LogP contribution < -0.4 is 10.6 Å². The largest absolute Gasteiger partial charge is 0.351 e. The molecule has 3 atom stereocenters. The van der Waals surface area contributed by atoms with Gasteiger partial charge >= 0.3 is 0 Å². The summed E-state index contributed by atoms with van der Waals surface area (Å²) in [6, 6.07) is 3.42. The molecular formula is C12H18N4S. The molecule has 2 N–H and O–H groups in total. The second kappa shape index (κ2) is 4.64. The number of hydrogen-bond donors (Lipinski definition) is 2. The van der Waals surface area contributed by atoms with E-state index >= 15 is 0 Å². The summed E-state index contributed by atoms with van der Waals surface area (Å²) in [5.41, 5.74) is 0. The molecule has 0 radical (unpaired) electrons. The van der Waals surface area contributed by atoms with E-state index in [9.17, 15) is 0 Å². The molecule has 2 heterocycles. The molecule has 2 aliphatic rings. The van der Waals surface area contributed by atoms with Gasteiger partial charge in [-0.15, -0.1) is 0 Å². The van der Waals surface area contributed by atoms with Crippen molar-refractivity contribution in [3.63, 3.8) is 0 Å². The molecule has 1 saturated carbocycles. The number of nitrogens with one attached hydrogen (secondary N) is 2. The standard InChI is InChI=1S/C12H18N4S/c1-8(11-6-7-13-17-11)14-12-15-9-4-2-3-5-10(9)16-12/h6-10H,2-5H2,1H3,(H2,14,15,16)/t8?,9-,10-/m0/s1. The maximum absolute atomic E-state index is 4.74. The van der Waals surface area contributed by atoms with Crippen LogP contribution in [-0.4, -0.2) is 22.4 Å². The third-order valence-corrected chi connectivity index (χ3v) is 4.51. The van der Waals surface area contributed by atoms with Crippen LogP contribution in [0.1, 0.15) is 43.5 Å². The molecule has 0 aromatic carbocycles. The van der Waals surface area contributed by atoms with Gasteiger partial charge in [-0.1, -0.05) is 12.8 Å². The predicted molar refractivity (Wildman–Crippen MR) is 70.3 cm³/mol. The van der Waals surface area contributed by atoms with Crippen LogP contribution in [0.15, 0.2) is 17.3 Å². The van der Waals surface area contributed by atoms with Gasteiger partial charge in [-0.2, -0.15) is 0 Å². The quantitative estimate of drug-likeness (QED) is 0.844.